The maximum atomic E-state index is 5.85. The number of anilines is 1. The third kappa shape index (κ3) is 5.73. The number of methoxy groups -OCH3 is 1. The number of hydrogen-bond donors (Lipinski definition) is 0. The molecule has 0 amide bonds. The van der Waals surface area contributed by atoms with E-state index < -0.39 is 8.07 Å². The van der Waals surface area contributed by atoms with Gasteiger partial charge in [-0.3, -0.25) is 0 Å². The molecule has 0 aromatic carbocycles. The lowest BCUT2D eigenvalue weighted by molar-refractivity contribution is 0.0786. The van der Waals surface area contributed by atoms with Crippen molar-refractivity contribution < 1.29 is 9.47 Å². The highest BCUT2D eigenvalue weighted by molar-refractivity contribution is 6.76. The third-order valence-corrected chi connectivity index (χ3v) is 8.50. The number of piperidine rings is 1. The van der Waals surface area contributed by atoms with Gasteiger partial charge in [-0.25, -0.2) is 24.6 Å². The molecule has 0 unspecified atom stereocenters. The molecule has 1 saturated heterocycles. The largest absolute Gasteiger partial charge is 0.381 e. The fourth-order valence-corrected chi connectivity index (χ4v) is 5.27. The number of pyridine rings is 1. The Morgan fingerprint density at radius 3 is 2.73 bits per heavy atom. The van der Waals surface area contributed by atoms with Crippen LogP contribution in [0.4, 0.5) is 5.95 Å². The second kappa shape index (κ2) is 10.7. The van der Waals surface area contributed by atoms with Gasteiger partial charge in [0, 0.05) is 54.3 Å². The van der Waals surface area contributed by atoms with Crippen LogP contribution >= 0.6 is 0 Å². The number of aryl methyl sites for hydroxylation is 1. The number of hydrogen-bond acceptors (Lipinski definition) is 8. The number of aromatic nitrogens is 7. The van der Waals surface area contributed by atoms with Crippen LogP contribution in [-0.2, 0) is 23.3 Å². The molecule has 4 aromatic heterocycles. The van der Waals surface area contributed by atoms with E-state index in [0.717, 1.165) is 66.7 Å². The van der Waals surface area contributed by atoms with Gasteiger partial charge in [0.05, 0.1) is 35.3 Å². The van der Waals surface area contributed by atoms with Crippen molar-refractivity contribution in [3.05, 3.63) is 36.9 Å². The van der Waals surface area contributed by atoms with Crippen LogP contribution in [0, 0.1) is 6.20 Å². The summed E-state index contributed by atoms with van der Waals surface area (Å²) in [6.45, 7) is 9.97. The maximum absolute atomic E-state index is 5.85. The predicted molar refractivity (Wildman–Crippen MR) is 146 cm³/mol. The lowest BCUT2D eigenvalue weighted by Gasteiger charge is -2.31. The average molecular weight is 520 g/mol. The first-order valence-electron chi connectivity index (χ1n) is 12.8. The second-order valence-corrected chi connectivity index (χ2v) is 16.4. The fraction of sp³-hybridized carbons (Fsp3) is 0.500. The van der Waals surface area contributed by atoms with Crippen LogP contribution in [0.2, 0.25) is 25.7 Å². The summed E-state index contributed by atoms with van der Waals surface area (Å²) >= 11 is 0. The summed E-state index contributed by atoms with van der Waals surface area (Å²) in [6, 6.07) is 4.87. The third-order valence-electron chi connectivity index (χ3n) is 6.80. The van der Waals surface area contributed by atoms with E-state index >= 15 is 0 Å². The van der Waals surface area contributed by atoms with E-state index in [2.05, 4.69) is 45.8 Å². The Morgan fingerprint density at radius 1 is 1.16 bits per heavy atom. The van der Waals surface area contributed by atoms with Gasteiger partial charge >= 0.3 is 0 Å². The zero-order chi connectivity index (χ0) is 26.0. The summed E-state index contributed by atoms with van der Waals surface area (Å²) in [7, 11) is 2.65. The van der Waals surface area contributed by atoms with Crippen molar-refractivity contribution in [2.75, 3.05) is 31.7 Å². The normalized spacial score (nSPS) is 15.1. The Morgan fingerprint density at radius 2 is 1.97 bits per heavy atom. The summed E-state index contributed by atoms with van der Waals surface area (Å²) < 4.78 is 15.2. The fourth-order valence-electron chi connectivity index (χ4n) is 4.51. The van der Waals surface area contributed by atoms with Crippen molar-refractivity contribution in [1.82, 2.24) is 34.3 Å². The second-order valence-electron chi connectivity index (χ2n) is 10.7. The van der Waals surface area contributed by atoms with E-state index in [4.69, 9.17) is 19.4 Å². The molecule has 0 atom stereocenters. The van der Waals surface area contributed by atoms with Gasteiger partial charge in [-0.1, -0.05) is 19.6 Å². The monoisotopic (exact) mass is 519 g/mol. The van der Waals surface area contributed by atoms with E-state index in [0.29, 0.717) is 24.5 Å². The number of nitrogens with zero attached hydrogens (tertiary/aromatic N) is 8. The Bertz CT molecular complexity index is 1350. The molecule has 5 rings (SSSR count). The van der Waals surface area contributed by atoms with Crippen molar-refractivity contribution in [3.63, 3.8) is 0 Å². The quantitative estimate of drug-likeness (QED) is 0.242. The van der Waals surface area contributed by atoms with Gasteiger partial charge < -0.3 is 18.9 Å². The number of fused-ring (bicyclic) bond motifs is 1. The highest BCUT2D eigenvalue weighted by Gasteiger charge is 2.22. The average Bonchev–Trinajstić information content (AvgIpc) is 3.50. The lowest BCUT2D eigenvalue weighted by atomic mass is 10.1. The summed E-state index contributed by atoms with van der Waals surface area (Å²) in [4.78, 5) is 21.1. The Hall–Kier alpha value is -3.15. The molecule has 0 spiro atoms. The minimum absolute atomic E-state index is 0.303. The van der Waals surface area contributed by atoms with Crippen LogP contribution in [0.5, 0.6) is 0 Å². The van der Waals surface area contributed by atoms with Gasteiger partial charge in [0.15, 0.2) is 0 Å². The highest BCUT2D eigenvalue weighted by atomic mass is 28.3. The van der Waals surface area contributed by atoms with Gasteiger partial charge in [-0.15, -0.1) is 0 Å². The predicted octanol–water partition coefficient (Wildman–Crippen LogP) is 4.02. The van der Waals surface area contributed by atoms with Crippen LogP contribution in [0.3, 0.4) is 0 Å². The first-order chi connectivity index (χ1) is 17.8. The van der Waals surface area contributed by atoms with Gasteiger partial charge in [0.2, 0.25) is 5.95 Å². The Labute approximate surface area is 218 Å². The molecule has 5 heterocycles. The van der Waals surface area contributed by atoms with Gasteiger partial charge in [0.1, 0.15) is 23.8 Å². The van der Waals surface area contributed by atoms with Gasteiger partial charge in [-0.05, 0) is 31.0 Å². The van der Waals surface area contributed by atoms with Crippen LogP contribution in [-0.4, -0.2) is 75.3 Å². The Kier molecular flexibility index (Phi) is 7.36. The van der Waals surface area contributed by atoms with Crippen LogP contribution in [0.1, 0.15) is 12.8 Å². The summed E-state index contributed by atoms with van der Waals surface area (Å²) in [6.07, 6.45) is 10.9. The molecule has 0 saturated carbocycles. The van der Waals surface area contributed by atoms with E-state index in [1.165, 1.54) is 0 Å². The van der Waals surface area contributed by atoms with Crippen LogP contribution in [0.15, 0.2) is 30.7 Å². The van der Waals surface area contributed by atoms with Crippen LogP contribution < -0.4 is 4.90 Å². The molecule has 4 aromatic rings. The minimum atomic E-state index is -1.11. The first-order valence-corrected chi connectivity index (χ1v) is 16.5. The molecule has 0 aliphatic carbocycles. The van der Waals surface area contributed by atoms with E-state index in [1.807, 2.05) is 40.8 Å². The van der Waals surface area contributed by atoms with Crippen molar-refractivity contribution in [2.45, 2.75) is 51.4 Å². The number of imidazole rings is 1. The zero-order valence-corrected chi connectivity index (χ0v) is 23.3. The molecular formula is C26H35N8O2Si. The maximum Gasteiger partial charge on any atom is 0.225 e. The highest BCUT2D eigenvalue weighted by Crippen LogP contribution is 2.30. The van der Waals surface area contributed by atoms with Gasteiger partial charge in [0.25, 0.3) is 0 Å². The molecule has 10 nitrogen and oxygen atoms in total. The topological polar surface area (TPSA) is 96.0 Å². The smallest absolute Gasteiger partial charge is 0.225 e. The number of ether oxygens (including phenoxy) is 2. The molecule has 195 valence electrons. The summed E-state index contributed by atoms with van der Waals surface area (Å²) in [5, 5.41) is 4.48. The molecule has 0 N–H and O–H groups in total. The number of rotatable bonds is 9. The standard InChI is InChI=1S/C26H35N8O2Si/c1-32-22-7-11-27-23(21-6-10-28-26(30-21)33-12-8-20(35-2)9-13-33)24(22)31-25(32)19-16-29-34(17-19)18-36-14-15-37(3,4)5/h6-7,10,16-17,20H,8-9,12-15,18H2,1-5H3. The van der Waals surface area contributed by atoms with E-state index in [9.17, 15) is 0 Å². The van der Waals surface area contributed by atoms with Crippen molar-refractivity contribution in [3.8, 4) is 22.8 Å². The minimum Gasteiger partial charge on any atom is -0.381 e. The van der Waals surface area contributed by atoms with E-state index in [-0.39, 0.29) is 0 Å². The summed E-state index contributed by atoms with van der Waals surface area (Å²) in [5.41, 5.74) is 4.05. The zero-order valence-electron chi connectivity index (χ0n) is 22.3. The Balaban J connectivity index is 1.38. The molecule has 1 aliphatic heterocycles. The van der Waals surface area contributed by atoms with Crippen molar-refractivity contribution >= 4 is 25.1 Å². The molecule has 1 fully saturated rings. The van der Waals surface area contributed by atoms with Crippen LogP contribution in [0.25, 0.3) is 33.8 Å². The van der Waals surface area contributed by atoms with Crippen molar-refractivity contribution in [2.24, 2.45) is 7.05 Å². The molecular weight excluding hydrogens is 484 g/mol. The van der Waals surface area contributed by atoms with E-state index in [1.54, 1.807) is 13.3 Å². The first kappa shape index (κ1) is 25.5. The molecule has 11 heteroatoms. The molecule has 1 radical (unpaired) electrons. The summed E-state index contributed by atoms with van der Waals surface area (Å²) in [5.74, 6) is 1.51. The van der Waals surface area contributed by atoms with Gasteiger partial charge in [-0.2, -0.15) is 5.10 Å². The molecule has 0 bridgehead atoms. The molecule has 1 aliphatic rings. The van der Waals surface area contributed by atoms with Crippen molar-refractivity contribution in [1.29, 1.82) is 0 Å². The lowest BCUT2D eigenvalue weighted by Crippen LogP contribution is -2.37. The SMILES string of the molecule is COC1CCN(c2nccc(-c3n[c]cc4c3nc(-c3cnn(COCC[Si](C)(C)C)c3)n4C)n2)CC1. The molecule has 37 heavy (non-hydrogen) atoms.